The Morgan fingerprint density at radius 3 is 3.00 bits per heavy atom. The van der Waals surface area contributed by atoms with Crippen LogP contribution in [0.4, 0.5) is 0 Å². The predicted octanol–water partition coefficient (Wildman–Crippen LogP) is 1.67. The summed E-state index contributed by atoms with van der Waals surface area (Å²) < 4.78 is 0. The molecule has 80 valence electrons. The van der Waals surface area contributed by atoms with Crippen LogP contribution in [0, 0.1) is 0 Å². The molecule has 5 heteroatoms. The molecule has 1 rings (SSSR count). The predicted molar refractivity (Wildman–Crippen MR) is 59.5 cm³/mol. The van der Waals surface area contributed by atoms with Gasteiger partial charge in [-0.25, -0.2) is 4.98 Å². The average molecular weight is 214 g/mol. The van der Waals surface area contributed by atoms with Gasteiger partial charge in [-0.3, -0.25) is 5.10 Å². The Kier molecular flexibility index (Phi) is 5.63. The fourth-order valence-electron chi connectivity index (χ4n) is 1.05. The van der Waals surface area contributed by atoms with Crippen LogP contribution in [0.2, 0.25) is 0 Å². The van der Waals surface area contributed by atoms with Gasteiger partial charge in [0.25, 0.3) is 0 Å². The first-order chi connectivity index (χ1) is 6.79. The molecular formula is C9H18N4S. The summed E-state index contributed by atoms with van der Waals surface area (Å²) in [4.78, 5) is 4.04. The number of aromatic nitrogens is 3. The molecule has 0 amide bonds. The zero-order valence-corrected chi connectivity index (χ0v) is 9.60. The number of hydrogen-bond acceptors (Lipinski definition) is 4. The molecule has 0 atom stereocenters. The maximum Gasteiger partial charge on any atom is 0.183 e. The minimum atomic E-state index is 0.594. The molecule has 0 unspecified atom stereocenters. The van der Waals surface area contributed by atoms with Gasteiger partial charge >= 0.3 is 0 Å². The van der Waals surface area contributed by atoms with Crippen LogP contribution in [-0.4, -0.2) is 33.5 Å². The summed E-state index contributed by atoms with van der Waals surface area (Å²) in [6, 6.07) is 0.594. The lowest BCUT2D eigenvalue weighted by Crippen LogP contribution is -2.23. The number of hydrogen-bond donors (Lipinski definition) is 2. The third kappa shape index (κ3) is 5.24. The molecule has 0 aliphatic heterocycles. The van der Waals surface area contributed by atoms with E-state index in [0.717, 1.165) is 17.5 Å². The van der Waals surface area contributed by atoms with Crippen molar-refractivity contribution >= 4 is 11.8 Å². The monoisotopic (exact) mass is 214 g/mol. The molecule has 2 N–H and O–H groups in total. The van der Waals surface area contributed by atoms with E-state index >= 15 is 0 Å². The first-order valence-electron chi connectivity index (χ1n) is 5.00. The number of unbranched alkanes of at least 4 members (excludes halogenated alkanes) is 1. The van der Waals surface area contributed by atoms with Gasteiger partial charge in [0.2, 0.25) is 0 Å². The van der Waals surface area contributed by atoms with Crippen LogP contribution in [0.25, 0.3) is 0 Å². The number of thioether (sulfide) groups is 1. The normalized spacial score (nSPS) is 11.1. The molecule has 0 aliphatic rings. The fourth-order valence-corrected chi connectivity index (χ4v) is 1.83. The molecule has 1 heterocycles. The van der Waals surface area contributed by atoms with Crippen molar-refractivity contribution in [3.63, 3.8) is 0 Å². The van der Waals surface area contributed by atoms with Crippen LogP contribution in [0.15, 0.2) is 11.5 Å². The molecule has 0 radical (unpaired) electrons. The van der Waals surface area contributed by atoms with Gasteiger partial charge in [-0.2, -0.15) is 5.10 Å². The van der Waals surface area contributed by atoms with Crippen molar-refractivity contribution in [3.05, 3.63) is 6.33 Å². The topological polar surface area (TPSA) is 53.6 Å². The zero-order valence-electron chi connectivity index (χ0n) is 8.79. The van der Waals surface area contributed by atoms with Gasteiger partial charge in [0.05, 0.1) is 0 Å². The van der Waals surface area contributed by atoms with Crippen LogP contribution >= 0.6 is 11.8 Å². The van der Waals surface area contributed by atoms with Crippen molar-refractivity contribution in [2.24, 2.45) is 0 Å². The summed E-state index contributed by atoms with van der Waals surface area (Å²) in [5.74, 6) is 1.11. The van der Waals surface area contributed by atoms with Crippen molar-refractivity contribution in [1.82, 2.24) is 20.5 Å². The lowest BCUT2D eigenvalue weighted by molar-refractivity contribution is 0.567. The van der Waals surface area contributed by atoms with Gasteiger partial charge in [-0.05, 0) is 19.4 Å². The zero-order chi connectivity index (χ0) is 10.2. The Balaban J connectivity index is 1.90. The lowest BCUT2D eigenvalue weighted by atomic mass is 10.3. The molecule has 14 heavy (non-hydrogen) atoms. The lowest BCUT2D eigenvalue weighted by Gasteiger charge is -2.06. The highest BCUT2D eigenvalue weighted by molar-refractivity contribution is 7.99. The number of nitrogens with zero attached hydrogens (tertiary/aromatic N) is 2. The van der Waals surface area contributed by atoms with Crippen LogP contribution in [0.5, 0.6) is 0 Å². The van der Waals surface area contributed by atoms with Crippen LogP contribution in [0.1, 0.15) is 26.7 Å². The molecule has 0 fully saturated rings. The van der Waals surface area contributed by atoms with Crippen LogP contribution < -0.4 is 5.32 Å². The van der Waals surface area contributed by atoms with E-state index in [2.05, 4.69) is 34.3 Å². The molecule has 0 saturated carbocycles. The Bertz CT molecular complexity index is 223. The largest absolute Gasteiger partial charge is 0.315 e. The summed E-state index contributed by atoms with van der Waals surface area (Å²) in [7, 11) is 0. The van der Waals surface area contributed by atoms with Crippen LogP contribution in [0.3, 0.4) is 0 Å². The fraction of sp³-hybridized carbons (Fsp3) is 0.778. The highest BCUT2D eigenvalue weighted by atomic mass is 32.2. The highest BCUT2D eigenvalue weighted by Crippen LogP contribution is 2.12. The van der Waals surface area contributed by atoms with Crippen molar-refractivity contribution in [3.8, 4) is 0 Å². The Labute approximate surface area is 89.3 Å². The summed E-state index contributed by atoms with van der Waals surface area (Å²) in [5, 5.41) is 10.9. The number of aromatic amines is 1. The Morgan fingerprint density at radius 1 is 1.50 bits per heavy atom. The number of H-pyrrole nitrogens is 1. The van der Waals surface area contributed by atoms with Gasteiger partial charge in [-0.1, -0.05) is 25.6 Å². The molecule has 4 nitrogen and oxygen atoms in total. The van der Waals surface area contributed by atoms with E-state index in [1.165, 1.54) is 12.8 Å². The smallest absolute Gasteiger partial charge is 0.183 e. The maximum absolute atomic E-state index is 4.04. The van der Waals surface area contributed by atoms with Gasteiger partial charge < -0.3 is 5.32 Å². The molecule has 1 aromatic rings. The second-order valence-corrected chi connectivity index (χ2v) is 4.54. The first kappa shape index (κ1) is 11.5. The molecule has 0 saturated heterocycles. The van der Waals surface area contributed by atoms with Crippen LogP contribution in [-0.2, 0) is 0 Å². The van der Waals surface area contributed by atoms with E-state index in [1.807, 2.05) is 0 Å². The molecule has 0 aromatic carbocycles. The van der Waals surface area contributed by atoms with E-state index in [0.29, 0.717) is 6.04 Å². The van der Waals surface area contributed by atoms with Gasteiger partial charge in [-0.15, -0.1) is 0 Å². The van der Waals surface area contributed by atoms with Crippen molar-refractivity contribution < 1.29 is 0 Å². The van der Waals surface area contributed by atoms with Gasteiger partial charge in [0, 0.05) is 11.8 Å². The van der Waals surface area contributed by atoms with E-state index in [-0.39, 0.29) is 0 Å². The highest BCUT2D eigenvalue weighted by Gasteiger charge is 1.96. The number of nitrogens with one attached hydrogen (secondary N) is 2. The van der Waals surface area contributed by atoms with E-state index in [9.17, 15) is 0 Å². The van der Waals surface area contributed by atoms with E-state index < -0.39 is 0 Å². The number of rotatable bonds is 7. The first-order valence-corrected chi connectivity index (χ1v) is 5.99. The summed E-state index contributed by atoms with van der Waals surface area (Å²) in [6.07, 6.45) is 3.98. The third-order valence-corrected chi connectivity index (χ3v) is 2.72. The quantitative estimate of drug-likeness (QED) is 0.535. The molecular weight excluding hydrogens is 196 g/mol. The second-order valence-electron chi connectivity index (χ2n) is 3.46. The third-order valence-electron chi connectivity index (χ3n) is 1.76. The minimum Gasteiger partial charge on any atom is -0.315 e. The SMILES string of the molecule is CC(C)NCCCCSc1ncn[nH]1. The molecule has 0 bridgehead atoms. The maximum atomic E-state index is 4.04. The average Bonchev–Trinajstić information content (AvgIpc) is 2.63. The minimum absolute atomic E-state index is 0.594. The Hall–Kier alpha value is -0.550. The Morgan fingerprint density at radius 2 is 2.36 bits per heavy atom. The van der Waals surface area contributed by atoms with E-state index in [1.54, 1.807) is 18.1 Å². The van der Waals surface area contributed by atoms with Crippen molar-refractivity contribution in [1.29, 1.82) is 0 Å². The second kappa shape index (κ2) is 6.84. The molecule has 1 aromatic heterocycles. The summed E-state index contributed by atoms with van der Waals surface area (Å²) >= 11 is 1.73. The molecule has 0 aliphatic carbocycles. The van der Waals surface area contributed by atoms with Crippen molar-refractivity contribution in [2.45, 2.75) is 37.9 Å². The van der Waals surface area contributed by atoms with Crippen molar-refractivity contribution in [2.75, 3.05) is 12.3 Å². The van der Waals surface area contributed by atoms with Gasteiger partial charge in [0.15, 0.2) is 5.16 Å². The van der Waals surface area contributed by atoms with Gasteiger partial charge in [0.1, 0.15) is 6.33 Å². The molecule has 0 spiro atoms. The summed E-state index contributed by atoms with van der Waals surface area (Å²) in [5.41, 5.74) is 0. The standard InChI is InChI=1S/C9H18N4S/c1-8(2)10-5-3-4-6-14-9-11-7-12-13-9/h7-8,10H,3-6H2,1-2H3,(H,11,12,13). The summed E-state index contributed by atoms with van der Waals surface area (Å²) in [6.45, 7) is 5.45. The van der Waals surface area contributed by atoms with E-state index in [4.69, 9.17) is 0 Å².